The Morgan fingerprint density at radius 2 is 1.95 bits per heavy atom. The smallest absolute Gasteiger partial charge is 0.237 e. The fraction of sp³-hybridized carbons (Fsp3) is 0.611. The van der Waals surface area contributed by atoms with Crippen molar-refractivity contribution in [2.45, 2.75) is 52.1 Å². The van der Waals surface area contributed by atoms with E-state index >= 15 is 0 Å². The molecule has 2 N–H and O–H groups in total. The summed E-state index contributed by atoms with van der Waals surface area (Å²) in [5.74, 6) is 1.05. The second-order valence-corrected chi connectivity index (χ2v) is 6.17. The monoisotopic (exact) mass is 288 g/mol. The maximum absolute atomic E-state index is 12.6. The molecule has 2 rings (SSSR count). The van der Waals surface area contributed by atoms with Crippen LogP contribution in [0, 0.1) is 11.8 Å². The molecule has 1 saturated heterocycles. The fourth-order valence-corrected chi connectivity index (χ4v) is 3.32. The van der Waals surface area contributed by atoms with Crippen molar-refractivity contribution in [3.05, 3.63) is 35.9 Å². The average molecular weight is 288 g/mol. The van der Waals surface area contributed by atoms with Crippen molar-refractivity contribution in [1.29, 1.82) is 0 Å². The Hall–Kier alpha value is -1.35. The summed E-state index contributed by atoms with van der Waals surface area (Å²) < 4.78 is 0. The fourth-order valence-electron chi connectivity index (χ4n) is 3.32. The van der Waals surface area contributed by atoms with Crippen molar-refractivity contribution in [3.8, 4) is 0 Å². The number of carbonyl (C=O) groups is 1. The molecule has 116 valence electrons. The van der Waals surface area contributed by atoms with Crippen LogP contribution in [0.3, 0.4) is 0 Å². The molecule has 1 aromatic carbocycles. The lowest BCUT2D eigenvalue weighted by Gasteiger charge is -2.29. The maximum atomic E-state index is 12.6. The molecule has 3 atom stereocenters. The maximum Gasteiger partial charge on any atom is 0.237 e. The summed E-state index contributed by atoms with van der Waals surface area (Å²) in [6.07, 6.45) is 3.23. The zero-order chi connectivity index (χ0) is 15.2. The number of amides is 1. The van der Waals surface area contributed by atoms with Crippen molar-refractivity contribution in [2.24, 2.45) is 11.8 Å². The predicted octanol–water partition coefficient (Wildman–Crippen LogP) is 3.28. The van der Waals surface area contributed by atoms with Gasteiger partial charge in [0.25, 0.3) is 0 Å². The molecule has 3 heteroatoms. The van der Waals surface area contributed by atoms with Crippen LogP contribution in [-0.4, -0.2) is 18.5 Å². The average Bonchev–Trinajstić information content (AvgIpc) is 2.94. The van der Waals surface area contributed by atoms with E-state index in [9.17, 15) is 4.79 Å². The molecule has 0 aliphatic carbocycles. The first-order chi connectivity index (χ1) is 10.2. The van der Waals surface area contributed by atoms with Gasteiger partial charge in [0.2, 0.25) is 5.91 Å². The highest BCUT2D eigenvalue weighted by Gasteiger charge is 2.32. The van der Waals surface area contributed by atoms with Crippen molar-refractivity contribution >= 4 is 5.91 Å². The van der Waals surface area contributed by atoms with Crippen LogP contribution >= 0.6 is 0 Å². The van der Waals surface area contributed by atoms with E-state index in [1.165, 1.54) is 5.56 Å². The van der Waals surface area contributed by atoms with E-state index in [2.05, 4.69) is 43.5 Å². The Morgan fingerprint density at radius 1 is 1.29 bits per heavy atom. The quantitative estimate of drug-likeness (QED) is 0.843. The number of benzene rings is 1. The minimum atomic E-state index is -0.0365. The van der Waals surface area contributed by atoms with E-state index in [1.54, 1.807) is 0 Å². The van der Waals surface area contributed by atoms with Crippen LogP contribution in [0.15, 0.2) is 30.3 Å². The summed E-state index contributed by atoms with van der Waals surface area (Å²) in [5, 5.41) is 6.63. The Bertz CT molecular complexity index is 442. The molecule has 0 radical (unpaired) electrons. The number of carbonyl (C=O) groups excluding carboxylic acids is 1. The third-order valence-corrected chi connectivity index (χ3v) is 4.79. The van der Waals surface area contributed by atoms with Gasteiger partial charge in [-0.2, -0.15) is 0 Å². The highest BCUT2D eigenvalue weighted by molar-refractivity contribution is 5.82. The van der Waals surface area contributed by atoms with Crippen molar-refractivity contribution in [2.75, 3.05) is 6.54 Å². The lowest BCUT2D eigenvalue weighted by Crippen LogP contribution is -2.46. The van der Waals surface area contributed by atoms with Gasteiger partial charge in [0.05, 0.1) is 12.1 Å². The van der Waals surface area contributed by atoms with E-state index in [-0.39, 0.29) is 18.0 Å². The molecule has 1 aliphatic rings. The van der Waals surface area contributed by atoms with E-state index in [0.717, 1.165) is 25.8 Å². The lowest BCUT2D eigenvalue weighted by molar-refractivity contribution is -0.124. The van der Waals surface area contributed by atoms with E-state index in [4.69, 9.17) is 0 Å². The van der Waals surface area contributed by atoms with Crippen LogP contribution in [0.2, 0.25) is 0 Å². The molecule has 0 bridgehead atoms. The first-order valence-corrected chi connectivity index (χ1v) is 8.26. The van der Waals surface area contributed by atoms with E-state index in [0.29, 0.717) is 11.8 Å². The molecular formula is C18H28N2O. The molecule has 3 nitrogen and oxygen atoms in total. The third kappa shape index (κ3) is 3.85. The Kier molecular flexibility index (Phi) is 5.80. The number of hydrogen-bond acceptors (Lipinski definition) is 2. The third-order valence-electron chi connectivity index (χ3n) is 4.79. The standard InChI is InChI=1S/C18H28N2O/c1-4-14(5-2)17(15-9-7-6-8-10-15)20-18(21)16-13(3)11-12-19-16/h6-10,13-14,16-17,19H,4-5,11-12H2,1-3H3,(H,20,21). The Morgan fingerprint density at radius 3 is 2.48 bits per heavy atom. The summed E-state index contributed by atoms with van der Waals surface area (Å²) in [5.41, 5.74) is 1.21. The summed E-state index contributed by atoms with van der Waals surface area (Å²) in [6.45, 7) is 7.50. The minimum Gasteiger partial charge on any atom is -0.348 e. The molecule has 1 aromatic rings. The zero-order valence-corrected chi connectivity index (χ0v) is 13.4. The molecule has 1 fully saturated rings. The summed E-state index contributed by atoms with van der Waals surface area (Å²) >= 11 is 0. The molecular weight excluding hydrogens is 260 g/mol. The molecule has 3 unspecified atom stereocenters. The van der Waals surface area contributed by atoms with Crippen LogP contribution in [0.5, 0.6) is 0 Å². The van der Waals surface area contributed by atoms with Crippen LogP contribution in [-0.2, 0) is 4.79 Å². The highest BCUT2D eigenvalue weighted by atomic mass is 16.2. The molecule has 21 heavy (non-hydrogen) atoms. The minimum absolute atomic E-state index is 0.0365. The summed E-state index contributed by atoms with van der Waals surface area (Å²) in [4.78, 5) is 12.6. The second-order valence-electron chi connectivity index (χ2n) is 6.17. The molecule has 0 spiro atoms. The van der Waals surface area contributed by atoms with Gasteiger partial charge in [-0.05, 0) is 30.4 Å². The number of nitrogens with one attached hydrogen (secondary N) is 2. The van der Waals surface area contributed by atoms with Gasteiger partial charge in [-0.25, -0.2) is 0 Å². The normalized spacial score (nSPS) is 23.2. The number of hydrogen-bond donors (Lipinski definition) is 2. The molecule has 1 aliphatic heterocycles. The van der Waals surface area contributed by atoms with Gasteiger partial charge in [0.15, 0.2) is 0 Å². The lowest BCUT2D eigenvalue weighted by atomic mass is 9.88. The van der Waals surface area contributed by atoms with Crippen molar-refractivity contribution in [3.63, 3.8) is 0 Å². The first kappa shape index (κ1) is 16.0. The van der Waals surface area contributed by atoms with Crippen molar-refractivity contribution in [1.82, 2.24) is 10.6 Å². The van der Waals surface area contributed by atoms with Gasteiger partial charge < -0.3 is 10.6 Å². The van der Waals surface area contributed by atoms with Gasteiger partial charge in [-0.1, -0.05) is 63.9 Å². The van der Waals surface area contributed by atoms with Crippen LogP contribution in [0.25, 0.3) is 0 Å². The summed E-state index contributed by atoms with van der Waals surface area (Å²) in [6, 6.07) is 10.4. The van der Waals surface area contributed by atoms with Gasteiger partial charge >= 0.3 is 0 Å². The Labute approximate surface area is 128 Å². The SMILES string of the molecule is CCC(CC)C(NC(=O)C1NCCC1C)c1ccccc1. The highest BCUT2D eigenvalue weighted by Crippen LogP contribution is 2.28. The van der Waals surface area contributed by atoms with E-state index < -0.39 is 0 Å². The number of rotatable bonds is 6. The topological polar surface area (TPSA) is 41.1 Å². The molecule has 0 saturated carbocycles. The first-order valence-electron chi connectivity index (χ1n) is 8.26. The largest absolute Gasteiger partial charge is 0.348 e. The van der Waals surface area contributed by atoms with Gasteiger partial charge in [0.1, 0.15) is 0 Å². The predicted molar refractivity (Wildman–Crippen MR) is 87.0 cm³/mol. The summed E-state index contributed by atoms with van der Waals surface area (Å²) in [7, 11) is 0. The van der Waals surface area contributed by atoms with Gasteiger partial charge in [-0.3, -0.25) is 4.79 Å². The van der Waals surface area contributed by atoms with Gasteiger partial charge in [0, 0.05) is 0 Å². The van der Waals surface area contributed by atoms with Crippen LogP contribution in [0.1, 0.15) is 51.6 Å². The van der Waals surface area contributed by atoms with E-state index in [1.807, 2.05) is 18.2 Å². The van der Waals surface area contributed by atoms with Crippen LogP contribution < -0.4 is 10.6 Å². The Balaban J connectivity index is 2.14. The molecule has 0 aromatic heterocycles. The molecule has 1 heterocycles. The second kappa shape index (κ2) is 7.60. The molecule has 1 amide bonds. The van der Waals surface area contributed by atoms with Gasteiger partial charge in [-0.15, -0.1) is 0 Å². The van der Waals surface area contributed by atoms with Crippen LogP contribution in [0.4, 0.5) is 0 Å². The van der Waals surface area contributed by atoms with Crippen molar-refractivity contribution < 1.29 is 4.79 Å². The zero-order valence-electron chi connectivity index (χ0n) is 13.4.